The van der Waals surface area contributed by atoms with Gasteiger partial charge in [-0.1, -0.05) is 37.6 Å². The summed E-state index contributed by atoms with van der Waals surface area (Å²) in [4.78, 5) is 14.8. The number of allylic oxidation sites excluding steroid dienone is 2. The Morgan fingerprint density at radius 1 is 1.36 bits per heavy atom. The molecule has 4 heteroatoms. The van der Waals surface area contributed by atoms with E-state index in [-0.39, 0.29) is 23.3 Å². The highest BCUT2D eigenvalue weighted by Crippen LogP contribution is 2.59. The number of rotatable bonds is 7. The molecule has 3 atom stereocenters. The van der Waals surface area contributed by atoms with E-state index in [4.69, 9.17) is 4.74 Å². The molecule has 1 aliphatic carbocycles. The fourth-order valence-electron chi connectivity index (χ4n) is 3.60. The van der Waals surface area contributed by atoms with Gasteiger partial charge in [0, 0.05) is 6.54 Å². The van der Waals surface area contributed by atoms with E-state index in [9.17, 15) is 4.79 Å². The number of amides is 1. The molecule has 1 N–H and O–H groups in total. The molecule has 0 spiro atoms. The summed E-state index contributed by atoms with van der Waals surface area (Å²) in [6.07, 6.45) is 2.23. The maximum atomic E-state index is 12.7. The third kappa shape index (κ3) is 4.43. The quantitative estimate of drug-likeness (QED) is 0.768. The van der Waals surface area contributed by atoms with Gasteiger partial charge in [0.15, 0.2) is 0 Å². The largest absolute Gasteiger partial charge is 0.497 e. The molecule has 0 bridgehead atoms. The summed E-state index contributed by atoms with van der Waals surface area (Å²) in [5, 5.41) is 3.17. The normalized spacial score (nSPS) is 22.2. The monoisotopic (exact) mass is 344 g/mol. The number of nitrogens with zero attached hydrogens (tertiary/aromatic N) is 1. The Morgan fingerprint density at radius 2 is 2.04 bits per heavy atom. The Morgan fingerprint density at radius 3 is 2.60 bits per heavy atom. The van der Waals surface area contributed by atoms with Crippen molar-refractivity contribution in [1.29, 1.82) is 0 Å². The van der Waals surface area contributed by atoms with Crippen LogP contribution in [-0.4, -0.2) is 38.6 Å². The van der Waals surface area contributed by atoms with Crippen LogP contribution in [0.3, 0.4) is 0 Å². The van der Waals surface area contributed by atoms with Crippen molar-refractivity contribution in [2.75, 3.05) is 27.7 Å². The molecule has 0 aromatic heterocycles. The second-order valence-electron chi connectivity index (χ2n) is 8.07. The van der Waals surface area contributed by atoms with Gasteiger partial charge in [0.2, 0.25) is 5.91 Å². The molecular weight excluding hydrogens is 312 g/mol. The van der Waals surface area contributed by atoms with Crippen molar-refractivity contribution in [2.45, 2.75) is 33.7 Å². The summed E-state index contributed by atoms with van der Waals surface area (Å²) < 4.78 is 5.32. The third-order valence-corrected chi connectivity index (χ3v) is 5.28. The summed E-state index contributed by atoms with van der Waals surface area (Å²) in [6, 6.07) is 8.14. The van der Waals surface area contributed by atoms with Crippen LogP contribution in [0.5, 0.6) is 5.75 Å². The molecule has 1 aromatic carbocycles. The lowest BCUT2D eigenvalue weighted by Gasteiger charge is -2.25. The molecule has 1 saturated carbocycles. The number of methoxy groups -OCH3 is 1. The van der Waals surface area contributed by atoms with Crippen molar-refractivity contribution in [2.24, 2.45) is 17.3 Å². The molecule has 2 rings (SSSR count). The second kappa shape index (κ2) is 7.61. The first-order valence-corrected chi connectivity index (χ1v) is 8.91. The molecule has 1 aliphatic rings. The highest BCUT2D eigenvalue weighted by atomic mass is 16.5. The predicted molar refractivity (Wildman–Crippen MR) is 103 cm³/mol. The van der Waals surface area contributed by atoms with Crippen LogP contribution < -0.4 is 10.1 Å². The van der Waals surface area contributed by atoms with Crippen LogP contribution in [0.25, 0.3) is 0 Å². The first-order valence-electron chi connectivity index (χ1n) is 8.91. The van der Waals surface area contributed by atoms with Crippen LogP contribution in [0.1, 0.15) is 39.3 Å². The molecule has 4 nitrogen and oxygen atoms in total. The molecule has 0 radical (unpaired) electrons. The maximum absolute atomic E-state index is 12.7. The van der Waals surface area contributed by atoms with E-state index in [1.54, 1.807) is 7.11 Å². The smallest absolute Gasteiger partial charge is 0.224 e. The van der Waals surface area contributed by atoms with Gasteiger partial charge in [-0.05, 0) is 57.0 Å². The van der Waals surface area contributed by atoms with E-state index < -0.39 is 0 Å². The first-order chi connectivity index (χ1) is 11.7. The van der Waals surface area contributed by atoms with E-state index in [1.165, 1.54) is 5.57 Å². The fourth-order valence-corrected chi connectivity index (χ4v) is 3.60. The lowest BCUT2D eigenvalue weighted by Crippen LogP contribution is -2.36. The predicted octanol–water partition coefficient (Wildman–Crippen LogP) is 3.65. The van der Waals surface area contributed by atoms with E-state index in [1.807, 2.05) is 32.3 Å². The summed E-state index contributed by atoms with van der Waals surface area (Å²) in [7, 11) is 5.73. The van der Waals surface area contributed by atoms with Gasteiger partial charge in [0.1, 0.15) is 5.75 Å². The Labute approximate surface area is 152 Å². The standard InChI is InChI=1S/C21H32N2O2/c1-14(2)11-17-19(21(17,3)4)20(24)22-13-18(23(5)6)15-9-8-10-16(12-15)25-7/h8-12,17-19H,13H2,1-7H3,(H,22,24). The number of benzene rings is 1. The summed E-state index contributed by atoms with van der Waals surface area (Å²) in [5.41, 5.74) is 2.46. The van der Waals surface area contributed by atoms with Crippen molar-refractivity contribution < 1.29 is 9.53 Å². The molecule has 25 heavy (non-hydrogen) atoms. The van der Waals surface area contributed by atoms with Crippen molar-refractivity contribution in [3.8, 4) is 5.75 Å². The summed E-state index contributed by atoms with van der Waals surface area (Å²) >= 11 is 0. The van der Waals surface area contributed by atoms with Crippen LogP contribution in [0.15, 0.2) is 35.9 Å². The van der Waals surface area contributed by atoms with E-state index in [0.717, 1.165) is 11.3 Å². The van der Waals surface area contributed by atoms with Gasteiger partial charge in [-0.2, -0.15) is 0 Å². The minimum atomic E-state index is 0.0466. The fraction of sp³-hybridized carbons (Fsp3) is 0.571. The molecule has 0 saturated heterocycles. The second-order valence-corrected chi connectivity index (χ2v) is 8.07. The molecule has 138 valence electrons. The van der Waals surface area contributed by atoms with Crippen LogP contribution in [0.4, 0.5) is 0 Å². The van der Waals surface area contributed by atoms with Crippen LogP contribution in [-0.2, 0) is 4.79 Å². The minimum absolute atomic E-state index is 0.0466. The molecular formula is C21H32N2O2. The average molecular weight is 344 g/mol. The van der Waals surface area contributed by atoms with Gasteiger partial charge in [-0.15, -0.1) is 0 Å². The highest BCUT2D eigenvalue weighted by Gasteiger charge is 2.60. The maximum Gasteiger partial charge on any atom is 0.224 e. The first kappa shape index (κ1) is 19.5. The van der Waals surface area contributed by atoms with E-state index in [2.05, 4.69) is 50.1 Å². The number of carbonyl (C=O) groups is 1. The number of nitrogens with one attached hydrogen (secondary N) is 1. The molecule has 1 amide bonds. The van der Waals surface area contributed by atoms with Crippen molar-refractivity contribution >= 4 is 5.91 Å². The summed E-state index contributed by atoms with van der Waals surface area (Å²) in [5.74, 6) is 1.40. The Balaban J connectivity index is 2.04. The van der Waals surface area contributed by atoms with Crippen LogP contribution in [0.2, 0.25) is 0 Å². The average Bonchev–Trinajstić information content (AvgIpc) is 3.07. The molecule has 0 heterocycles. The number of hydrogen-bond acceptors (Lipinski definition) is 3. The molecule has 0 aliphatic heterocycles. The van der Waals surface area contributed by atoms with E-state index >= 15 is 0 Å². The van der Waals surface area contributed by atoms with Crippen LogP contribution >= 0.6 is 0 Å². The number of ether oxygens (including phenoxy) is 1. The number of likely N-dealkylation sites (N-methyl/N-ethyl adjacent to an activating group) is 1. The van der Waals surface area contributed by atoms with Gasteiger partial charge in [0.25, 0.3) is 0 Å². The zero-order valence-corrected chi connectivity index (χ0v) is 16.6. The SMILES string of the molecule is COc1cccc(C(CNC(=O)C2C(C=C(C)C)C2(C)C)N(C)C)c1. The highest BCUT2D eigenvalue weighted by molar-refractivity contribution is 5.83. The van der Waals surface area contributed by atoms with Gasteiger partial charge in [-0.25, -0.2) is 0 Å². The topological polar surface area (TPSA) is 41.6 Å². The molecule has 1 aromatic rings. The lowest BCUT2D eigenvalue weighted by atomic mass is 10.0. The van der Waals surface area contributed by atoms with Crippen molar-refractivity contribution in [1.82, 2.24) is 10.2 Å². The minimum Gasteiger partial charge on any atom is -0.497 e. The van der Waals surface area contributed by atoms with Crippen LogP contribution in [0, 0.1) is 17.3 Å². The number of hydrogen-bond donors (Lipinski definition) is 1. The summed E-state index contributed by atoms with van der Waals surface area (Å²) in [6.45, 7) is 9.12. The van der Waals surface area contributed by atoms with Gasteiger partial charge in [-0.3, -0.25) is 4.79 Å². The van der Waals surface area contributed by atoms with E-state index in [0.29, 0.717) is 12.5 Å². The number of carbonyl (C=O) groups excluding carboxylic acids is 1. The Bertz CT molecular complexity index is 645. The lowest BCUT2D eigenvalue weighted by molar-refractivity contribution is -0.123. The van der Waals surface area contributed by atoms with Gasteiger partial charge in [0.05, 0.1) is 19.1 Å². The Kier molecular flexibility index (Phi) is 5.94. The Hall–Kier alpha value is -1.81. The van der Waals surface area contributed by atoms with Gasteiger partial charge < -0.3 is 15.0 Å². The van der Waals surface area contributed by atoms with Gasteiger partial charge >= 0.3 is 0 Å². The zero-order chi connectivity index (χ0) is 18.8. The van der Waals surface area contributed by atoms with Crippen molar-refractivity contribution in [3.63, 3.8) is 0 Å². The van der Waals surface area contributed by atoms with Crippen molar-refractivity contribution in [3.05, 3.63) is 41.5 Å². The molecule has 3 unspecified atom stereocenters. The zero-order valence-electron chi connectivity index (χ0n) is 16.6. The molecule has 1 fully saturated rings. The third-order valence-electron chi connectivity index (χ3n) is 5.28.